The Kier molecular flexibility index (Phi) is 4.30. The van der Waals surface area contributed by atoms with Gasteiger partial charge >= 0.3 is 6.03 Å². The predicted molar refractivity (Wildman–Crippen MR) is 63.2 cm³/mol. The Labute approximate surface area is 93.5 Å². The molecule has 0 aliphatic heterocycles. The van der Waals surface area contributed by atoms with Crippen LogP contribution >= 0.6 is 11.9 Å². The number of carbonyl (C=O) groups is 1. The summed E-state index contributed by atoms with van der Waals surface area (Å²) in [6.45, 7) is 2.45. The number of nitrogens with zero attached hydrogens (tertiary/aromatic N) is 1. The summed E-state index contributed by atoms with van der Waals surface area (Å²) < 4.78 is 6.80. The molecule has 0 atom stereocenters. The third-order valence-corrected chi connectivity index (χ3v) is 2.51. The fraction of sp³-hybridized carbons (Fsp3) is 0.300. The molecule has 1 aromatic rings. The van der Waals surface area contributed by atoms with Gasteiger partial charge in [0.15, 0.2) is 0 Å². The van der Waals surface area contributed by atoms with Crippen LogP contribution in [0, 0.1) is 0 Å². The summed E-state index contributed by atoms with van der Waals surface area (Å²) in [6, 6.07) is 6.80. The number of urea groups is 1. The first-order chi connectivity index (χ1) is 7.20. The van der Waals surface area contributed by atoms with E-state index >= 15 is 0 Å². The van der Waals surface area contributed by atoms with Gasteiger partial charge < -0.3 is 10.5 Å². The van der Waals surface area contributed by atoms with E-state index in [1.807, 2.05) is 25.1 Å². The smallest absolute Gasteiger partial charge is 0.329 e. The third kappa shape index (κ3) is 2.79. The number of ether oxygens (including phenoxy) is 1. The molecule has 0 aliphatic carbocycles. The minimum Gasteiger partial charge on any atom is -0.492 e. The van der Waals surface area contributed by atoms with E-state index in [-0.39, 0.29) is 0 Å². The maximum Gasteiger partial charge on any atom is 0.329 e. The molecule has 0 saturated carbocycles. The van der Waals surface area contributed by atoms with Gasteiger partial charge in [0.05, 0.1) is 12.3 Å². The van der Waals surface area contributed by atoms with E-state index in [4.69, 9.17) is 10.5 Å². The minimum atomic E-state index is -0.505. The van der Waals surface area contributed by atoms with Crippen LogP contribution in [-0.2, 0) is 0 Å². The molecule has 0 heterocycles. The molecule has 0 spiro atoms. The minimum absolute atomic E-state index is 0.505. The largest absolute Gasteiger partial charge is 0.492 e. The second-order valence-electron chi connectivity index (χ2n) is 2.72. The van der Waals surface area contributed by atoms with Crippen molar-refractivity contribution in [3.8, 4) is 5.75 Å². The summed E-state index contributed by atoms with van der Waals surface area (Å²) in [6.07, 6.45) is 1.79. The lowest BCUT2D eigenvalue weighted by Crippen LogP contribution is -2.29. The summed E-state index contributed by atoms with van der Waals surface area (Å²) in [5, 5.41) is 0. The van der Waals surface area contributed by atoms with E-state index in [1.54, 1.807) is 12.3 Å². The first-order valence-electron chi connectivity index (χ1n) is 4.56. The third-order valence-electron chi connectivity index (χ3n) is 1.77. The van der Waals surface area contributed by atoms with Crippen molar-refractivity contribution in [3.05, 3.63) is 24.3 Å². The average molecular weight is 226 g/mol. The monoisotopic (exact) mass is 226 g/mol. The summed E-state index contributed by atoms with van der Waals surface area (Å²) >= 11 is 1.25. The SMILES string of the molecule is CCOc1ccccc1N(SC)C(N)=O. The lowest BCUT2D eigenvalue weighted by Gasteiger charge is -2.19. The van der Waals surface area contributed by atoms with Crippen LogP contribution in [0.4, 0.5) is 10.5 Å². The molecule has 0 unspecified atom stereocenters. The molecular weight excluding hydrogens is 212 g/mol. The van der Waals surface area contributed by atoms with E-state index in [0.717, 1.165) is 0 Å². The van der Waals surface area contributed by atoms with Crippen LogP contribution in [0.15, 0.2) is 24.3 Å². The second kappa shape index (κ2) is 5.50. The number of amides is 2. The maximum absolute atomic E-state index is 11.2. The predicted octanol–water partition coefficient (Wildman–Crippen LogP) is 2.25. The second-order valence-corrected chi connectivity index (χ2v) is 3.45. The topological polar surface area (TPSA) is 55.6 Å². The summed E-state index contributed by atoms with van der Waals surface area (Å²) in [4.78, 5) is 11.2. The highest BCUT2D eigenvalue weighted by atomic mass is 32.2. The molecule has 1 rings (SSSR count). The lowest BCUT2D eigenvalue weighted by molar-refractivity contribution is 0.257. The number of benzene rings is 1. The van der Waals surface area contributed by atoms with Crippen LogP contribution < -0.4 is 14.8 Å². The highest BCUT2D eigenvalue weighted by Crippen LogP contribution is 2.31. The average Bonchev–Trinajstić information content (AvgIpc) is 2.21. The first kappa shape index (κ1) is 11.7. The van der Waals surface area contributed by atoms with Crippen molar-refractivity contribution in [1.29, 1.82) is 0 Å². The summed E-state index contributed by atoms with van der Waals surface area (Å²) in [5.41, 5.74) is 5.93. The van der Waals surface area contributed by atoms with E-state index < -0.39 is 6.03 Å². The van der Waals surface area contributed by atoms with Gasteiger partial charge in [-0.1, -0.05) is 12.1 Å². The number of hydrogen-bond acceptors (Lipinski definition) is 3. The molecule has 0 fully saturated rings. The molecule has 4 nitrogen and oxygen atoms in total. The van der Waals surface area contributed by atoms with Gasteiger partial charge in [0.1, 0.15) is 5.75 Å². The molecule has 0 aliphatic rings. The van der Waals surface area contributed by atoms with E-state index in [2.05, 4.69) is 0 Å². The number of rotatable bonds is 4. The van der Waals surface area contributed by atoms with Crippen LogP contribution in [0.3, 0.4) is 0 Å². The van der Waals surface area contributed by atoms with Crippen LogP contribution in [0.25, 0.3) is 0 Å². The van der Waals surface area contributed by atoms with E-state index in [0.29, 0.717) is 18.0 Å². The standard InChI is InChI=1S/C10H14N2O2S/c1-3-14-9-7-5-4-6-8(9)12(15-2)10(11)13/h4-7H,3H2,1-2H3,(H2,11,13). The van der Waals surface area contributed by atoms with Gasteiger partial charge in [-0.05, 0) is 31.0 Å². The molecule has 2 amide bonds. The highest BCUT2D eigenvalue weighted by molar-refractivity contribution is 8.00. The fourth-order valence-corrected chi connectivity index (χ4v) is 1.74. The van der Waals surface area contributed by atoms with Gasteiger partial charge in [-0.15, -0.1) is 0 Å². The van der Waals surface area contributed by atoms with Gasteiger partial charge in [0.25, 0.3) is 0 Å². The molecule has 82 valence electrons. The van der Waals surface area contributed by atoms with Crippen molar-refractivity contribution in [2.45, 2.75) is 6.92 Å². The quantitative estimate of drug-likeness (QED) is 0.801. The lowest BCUT2D eigenvalue weighted by atomic mass is 10.3. The fourth-order valence-electron chi connectivity index (χ4n) is 1.21. The van der Waals surface area contributed by atoms with Gasteiger partial charge in [0.2, 0.25) is 0 Å². The summed E-state index contributed by atoms with van der Waals surface area (Å²) in [7, 11) is 0. The van der Waals surface area contributed by atoms with Gasteiger partial charge in [-0.2, -0.15) is 0 Å². The zero-order chi connectivity index (χ0) is 11.3. The Morgan fingerprint density at radius 3 is 2.73 bits per heavy atom. The van der Waals surface area contributed by atoms with Crippen LogP contribution in [-0.4, -0.2) is 18.9 Å². The number of primary amides is 1. The van der Waals surface area contributed by atoms with Gasteiger partial charge in [-0.3, -0.25) is 0 Å². The molecule has 5 heteroatoms. The number of nitrogens with two attached hydrogens (primary N) is 1. The molecule has 1 aromatic carbocycles. The number of anilines is 1. The summed E-state index contributed by atoms with van der Waals surface area (Å²) in [5.74, 6) is 0.660. The highest BCUT2D eigenvalue weighted by Gasteiger charge is 2.15. The maximum atomic E-state index is 11.2. The molecule has 0 radical (unpaired) electrons. The van der Waals surface area contributed by atoms with E-state index in [9.17, 15) is 4.79 Å². The van der Waals surface area contributed by atoms with Gasteiger partial charge in [-0.25, -0.2) is 9.10 Å². The number of para-hydroxylation sites is 2. The molecule has 2 N–H and O–H groups in total. The molecule has 0 bridgehead atoms. The Hall–Kier alpha value is -1.36. The van der Waals surface area contributed by atoms with Crippen molar-refractivity contribution < 1.29 is 9.53 Å². The van der Waals surface area contributed by atoms with Gasteiger partial charge in [0, 0.05) is 6.26 Å². The Morgan fingerprint density at radius 1 is 1.53 bits per heavy atom. The van der Waals surface area contributed by atoms with Crippen LogP contribution in [0.5, 0.6) is 5.75 Å². The normalized spacial score (nSPS) is 9.73. The van der Waals surface area contributed by atoms with Crippen LogP contribution in [0.1, 0.15) is 6.92 Å². The Morgan fingerprint density at radius 2 is 2.20 bits per heavy atom. The van der Waals surface area contributed by atoms with Crippen molar-refractivity contribution in [2.75, 3.05) is 17.2 Å². The Bertz CT molecular complexity index is 344. The van der Waals surface area contributed by atoms with E-state index in [1.165, 1.54) is 16.3 Å². The number of hydrogen-bond donors (Lipinski definition) is 1. The van der Waals surface area contributed by atoms with Crippen LogP contribution in [0.2, 0.25) is 0 Å². The molecule has 0 aromatic heterocycles. The van der Waals surface area contributed by atoms with Crippen molar-refractivity contribution >= 4 is 23.7 Å². The van der Waals surface area contributed by atoms with Crippen molar-refractivity contribution in [2.24, 2.45) is 5.73 Å². The van der Waals surface area contributed by atoms with Crippen molar-refractivity contribution in [3.63, 3.8) is 0 Å². The molecule has 0 saturated heterocycles. The number of carbonyl (C=O) groups excluding carboxylic acids is 1. The molecular formula is C10H14N2O2S. The Balaban J connectivity index is 3.04. The zero-order valence-corrected chi connectivity index (χ0v) is 9.58. The zero-order valence-electron chi connectivity index (χ0n) is 8.77. The first-order valence-corrected chi connectivity index (χ1v) is 5.74. The molecule has 15 heavy (non-hydrogen) atoms. The van der Waals surface area contributed by atoms with Crippen molar-refractivity contribution in [1.82, 2.24) is 0 Å².